The lowest BCUT2D eigenvalue weighted by Gasteiger charge is -2.35. The molecule has 2 N–H and O–H groups in total. The summed E-state index contributed by atoms with van der Waals surface area (Å²) in [5.74, 6) is -0.729. The summed E-state index contributed by atoms with van der Waals surface area (Å²) in [5, 5.41) is 11.9. The molecule has 5 nitrogen and oxygen atoms in total. The number of likely N-dealkylation sites (tertiary alicyclic amines) is 1. The van der Waals surface area contributed by atoms with Gasteiger partial charge in [-0.15, -0.1) is 0 Å². The van der Waals surface area contributed by atoms with Crippen molar-refractivity contribution in [2.45, 2.75) is 32.2 Å². The number of nitrogens with one attached hydrogen (secondary N) is 1. The Balaban J connectivity index is 1.97. The quantitative estimate of drug-likeness (QED) is 0.721. The highest BCUT2D eigenvalue weighted by Gasteiger charge is 2.28. The number of amides is 1. The maximum Gasteiger partial charge on any atom is 0.303 e. The SMILES string of the molecule is C[C@H](C(=O)Nc1ccc(Br)cc1Br)N1CCC[C@H](CC(=O)O)C1. The molecule has 2 rings (SSSR count). The summed E-state index contributed by atoms with van der Waals surface area (Å²) in [6.07, 6.45) is 2.01. The predicted molar refractivity (Wildman–Crippen MR) is 96.5 cm³/mol. The van der Waals surface area contributed by atoms with Crippen molar-refractivity contribution in [3.8, 4) is 0 Å². The van der Waals surface area contributed by atoms with Gasteiger partial charge in [0.1, 0.15) is 0 Å². The third-order valence-electron chi connectivity index (χ3n) is 4.13. The van der Waals surface area contributed by atoms with E-state index in [1.54, 1.807) is 0 Å². The molecule has 1 aliphatic rings. The summed E-state index contributed by atoms with van der Waals surface area (Å²) in [4.78, 5) is 25.4. The molecule has 0 unspecified atom stereocenters. The molecule has 1 aliphatic heterocycles. The van der Waals surface area contributed by atoms with E-state index in [0.29, 0.717) is 6.54 Å². The van der Waals surface area contributed by atoms with Gasteiger partial charge in [0.25, 0.3) is 0 Å². The number of hydrogen-bond donors (Lipinski definition) is 2. The first-order valence-electron chi connectivity index (χ1n) is 7.58. The zero-order valence-corrected chi connectivity index (χ0v) is 16.1. The Morgan fingerprint density at radius 3 is 2.83 bits per heavy atom. The van der Waals surface area contributed by atoms with E-state index in [1.165, 1.54) is 0 Å². The summed E-state index contributed by atoms with van der Waals surface area (Å²) in [6, 6.07) is 5.29. The largest absolute Gasteiger partial charge is 0.481 e. The van der Waals surface area contributed by atoms with Crippen LogP contribution in [0.15, 0.2) is 27.1 Å². The summed E-state index contributed by atoms with van der Waals surface area (Å²) < 4.78 is 1.75. The number of rotatable bonds is 5. The van der Waals surface area contributed by atoms with Crippen molar-refractivity contribution in [3.05, 3.63) is 27.1 Å². The standard InChI is InChI=1S/C16H20Br2N2O3/c1-10(20-6-2-3-11(9-20)7-15(21)22)16(23)19-14-5-4-12(17)8-13(14)18/h4-5,8,10-11H,2-3,6-7,9H2,1H3,(H,19,23)(H,21,22)/t10-,11-/m1/s1. The van der Waals surface area contributed by atoms with E-state index in [1.807, 2.05) is 25.1 Å². The lowest BCUT2D eigenvalue weighted by Crippen LogP contribution is -2.47. The molecule has 0 aromatic heterocycles. The molecule has 1 amide bonds. The number of benzene rings is 1. The average molecular weight is 448 g/mol. The fraction of sp³-hybridized carbons (Fsp3) is 0.500. The Morgan fingerprint density at radius 2 is 2.17 bits per heavy atom. The van der Waals surface area contributed by atoms with E-state index < -0.39 is 5.97 Å². The van der Waals surface area contributed by atoms with Crippen LogP contribution in [0.5, 0.6) is 0 Å². The van der Waals surface area contributed by atoms with Crippen LogP contribution in [-0.2, 0) is 9.59 Å². The number of halogens is 2. The Labute approximate surface area is 152 Å². The van der Waals surface area contributed by atoms with Crippen molar-refractivity contribution in [1.82, 2.24) is 4.90 Å². The minimum Gasteiger partial charge on any atom is -0.481 e. The zero-order chi connectivity index (χ0) is 17.0. The Kier molecular flexibility index (Phi) is 6.61. The predicted octanol–water partition coefficient (Wildman–Crippen LogP) is 3.73. The molecule has 1 aromatic carbocycles. The first kappa shape index (κ1) is 18.4. The van der Waals surface area contributed by atoms with Crippen LogP contribution in [0.2, 0.25) is 0 Å². The Bertz CT molecular complexity index is 595. The van der Waals surface area contributed by atoms with E-state index in [4.69, 9.17) is 5.11 Å². The second-order valence-corrected chi connectivity index (χ2v) is 7.66. The highest BCUT2D eigenvalue weighted by atomic mass is 79.9. The fourth-order valence-electron chi connectivity index (χ4n) is 2.86. The van der Waals surface area contributed by atoms with E-state index >= 15 is 0 Å². The first-order chi connectivity index (χ1) is 10.9. The van der Waals surface area contributed by atoms with Crippen molar-refractivity contribution >= 4 is 49.4 Å². The molecule has 7 heteroatoms. The van der Waals surface area contributed by atoms with Gasteiger partial charge in [0.05, 0.1) is 11.7 Å². The van der Waals surface area contributed by atoms with Crippen molar-refractivity contribution < 1.29 is 14.7 Å². The molecule has 2 atom stereocenters. The molecule has 1 heterocycles. The Hall–Kier alpha value is -0.920. The highest BCUT2D eigenvalue weighted by Crippen LogP contribution is 2.27. The van der Waals surface area contributed by atoms with Gasteiger partial charge in [-0.25, -0.2) is 0 Å². The smallest absolute Gasteiger partial charge is 0.303 e. The van der Waals surface area contributed by atoms with E-state index in [0.717, 1.165) is 34.0 Å². The van der Waals surface area contributed by atoms with E-state index in [9.17, 15) is 9.59 Å². The average Bonchev–Trinajstić information content (AvgIpc) is 2.49. The third kappa shape index (κ3) is 5.29. The zero-order valence-electron chi connectivity index (χ0n) is 12.9. The molecule has 23 heavy (non-hydrogen) atoms. The number of piperidine rings is 1. The van der Waals surface area contributed by atoms with Crippen LogP contribution in [0, 0.1) is 5.92 Å². The van der Waals surface area contributed by atoms with E-state index in [2.05, 4.69) is 42.1 Å². The number of carboxylic acids is 1. The summed E-state index contributed by atoms with van der Waals surface area (Å²) in [7, 11) is 0. The van der Waals surface area contributed by atoms with Gasteiger partial charge in [-0.3, -0.25) is 14.5 Å². The van der Waals surface area contributed by atoms with Gasteiger partial charge in [0.2, 0.25) is 5.91 Å². The minimum absolute atomic E-state index is 0.0796. The molecule has 126 valence electrons. The fourth-order valence-corrected chi connectivity index (χ4v) is 4.00. The van der Waals surface area contributed by atoms with Gasteiger partial charge >= 0.3 is 5.97 Å². The van der Waals surface area contributed by atoms with Gasteiger partial charge < -0.3 is 10.4 Å². The van der Waals surface area contributed by atoms with Crippen LogP contribution in [0.25, 0.3) is 0 Å². The third-order valence-corrected chi connectivity index (χ3v) is 5.28. The molecule has 1 fully saturated rings. The van der Waals surface area contributed by atoms with Crippen LogP contribution in [-0.4, -0.2) is 41.0 Å². The molecular weight excluding hydrogens is 428 g/mol. The topological polar surface area (TPSA) is 69.6 Å². The lowest BCUT2D eigenvalue weighted by atomic mass is 9.94. The molecule has 0 bridgehead atoms. The normalized spacial score (nSPS) is 20.0. The van der Waals surface area contributed by atoms with Crippen LogP contribution in [0.3, 0.4) is 0 Å². The molecule has 0 spiro atoms. The number of hydrogen-bond acceptors (Lipinski definition) is 3. The second-order valence-electron chi connectivity index (χ2n) is 5.89. The van der Waals surface area contributed by atoms with Gasteiger partial charge in [0.15, 0.2) is 0 Å². The minimum atomic E-state index is -0.771. The highest BCUT2D eigenvalue weighted by molar-refractivity contribution is 9.11. The summed E-state index contributed by atoms with van der Waals surface area (Å²) in [6.45, 7) is 3.35. The van der Waals surface area contributed by atoms with Crippen LogP contribution >= 0.6 is 31.9 Å². The van der Waals surface area contributed by atoms with Crippen molar-refractivity contribution in [3.63, 3.8) is 0 Å². The molecular formula is C16H20Br2N2O3. The maximum absolute atomic E-state index is 12.5. The van der Waals surface area contributed by atoms with Crippen molar-refractivity contribution in [2.75, 3.05) is 18.4 Å². The number of carboxylic acid groups (broad SMARTS) is 1. The first-order valence-corrected chi connectivity index (χ1v) is 9.17. The molecule has 0 aliphatic carbocycles. The molecule has 0 radical (unpaired) electrons. The van der Waals surface area contributed by atoms with Gasteiger partial charge in [-0.2, -0.15) is 0 Å². The van der Waals surface area contributed by atoms with Gasteiger partial charge in [-0.1, -0.05) is 15.9 Å². The van der Waals surface area contributed by atoms with Crippen LogP contribution < -0.4 is 5.32 Å². The monoisotopic (exact) mass is 446 g/mol. The molecule has 0 saturated carbocycles. The Morgan fingerprint density at radius 1 is 1.43 bits per heavy atom. The number of carbonyl (C=O) groups is 2. The number of carbonyl (C=O) groups excluding carboxylic acids is 1. The number of nitrogens with zero attached hydrogens (tertiary/aromatic N) is 1. The molecule has 1 aromatic rings. The van der Waals surface area contributed by atoms with Gasteiger partial charge in [-0.05, 0) is 66.4 Å². The number of aliphatic carboxylic acids is 1. The summed E-state index contributed by atoms with van der Waals surface area (Å²) in [5.41, 5.74) is 0.726. The number of anilines is 1. The van der Waals surface area contributed by atoms with Crippen LogP contribution in [0.4, 0.5) is 5.69 Å². The second kappa shape index (κ2) is 8.26. The molecule has 1 saturated heterocycles. The summed E-state index contributed by atoms with van der Waals surface area (Å²) >= 11 is 6.82. The van der Waals surface area contributed by atoms with Gasteiger partial charge in [0, 0.05) is 21.9 Å². The lowest BCUT2D eigenvalue weighted by molar-refractivity contribution is -0.138. The van der Waals surface area contributed by atoms with E-state index in [-0.39, 0.29) is 24.3 Å². The van der Waals surface area contributed by atoms with Crippen molar-refractivity contribution in [2.24, 2.45) is 5.92 Å². The van der Waals surface area contributed by atoms with Crippen LogP contribution in [0.1, 0.15) is 26.2 Å². The maximum atomic E-state index is 12.5. The van der Waals surface area contributed by atoms with Crippen molar-refractivity contribution in [1.29, 1.82) is 0 Å².